The Morgan fingerprint density at radius 1 is 1.31 bits per heavy atom. The second kappa shape index (κ2) is 8.00. The third-order valence-corrected chi connectivity index (χ3v) is 5.50. The number of fused-ring (bicyclic) bond motifs is 1. The fraction of sp³-hybridized carbons (Fsp3) is 0.545. The Morgan fingerprint density at radius 2 is 2.14 bits per heavy atom. The molecule has 0 N–H and O–H groups in total. The number of benzene rings is 1. The Labute approximate surface area is 176 Å². The molecule has 3 heterocycles. The molecule has 4 rings (SSSR count). The lowest BCUT2D eigenvalue weighted by molar-refractivity contribution is -0.0367. The standard InChI is InChI=1S/C22H28ClN3O3/c1-22(2,3)29-21(27)25-11-9-15(10-12-25)20-17-14-16(23)7-8-18(17)26(24-20)19-6-4-5-13-28-19/h7-9,14,19H,4-6,10-13H2,1-3H3. The summed E-state index contributed by atoms with van der Waals surface area (Å²) < 4.78 is 13.5. The summed E-state index contributed by atoms with van der Waals surface area (Å²) >= 11 is 6.29. The van der Waals surface area contributed by atoms with Crippen LogP contribution in [0.3, 0.4) is 0 Å². The van der Waals surface area contributed by atoms with Crippen LogP contribution in [-0.4, -0.2) is 46.1 Å². The van der Waals surface area contributed by atoms with Crippen LogP contribution in [0.2, 0.25) is 5.02 Å². The van der Waals surface area contributed by atoms with Crippen LogP contribution in [-0.2, 0) is 9.47 Å². The molecular weight excluding hydrogens is 390 g/mol. The molecule has 1 saturated heterocycles. The van der Waals surface area contributed by atoms with Gasteiger partial charge in [0.25, 0.3) is 0 Å². The van der Waals surface area contributed by atoms with Crippen molar-refractivity contribution >= 4 is 34.2 Å². The fourth-order valence-electron chi connectivity index (χ4n) is 3.86. The molecule has 0 aliphatic carbocycles. The van der Waals surface area contributed by atoms with Crippen molar-refractivity contribution in [1.29, 1.82) is 0 Å². The summed E-state index contributed by atoms with van der Waals surface area (Å²) in [5.41, 5.74) is 2.60. The molecule has 6 nitrogen and oxygen atoms in total. The number of halogens is 1. The fourth-order valence-corrected chi connectivity index (χ4v) is 4.04. The van der Waals surface area contributed by atoms with Crippen LogP contribution >= 0.6 is 11.6 Å². The van der Waals surface area contributed by atoms with Gasteiger partial charge >= 0.3 is 6.09 Å². The van der Waals surface area contributed by atoms with Crippen LogP contribution in [0.25, 0.3) is 16.5 Å². The number of rotatable bonds is 2. The van der Waals surface area contributed by atoms with Crippen molar-refractivity contribution in [2.24, 2.45) is 0 Å². The number of ether oxygens (including phenoxy) is 2. The monoisotopic (exact) mass is 417 g/mol. The molecule has 1 unspecified atom stereocenters. The van der Waals surface area contributed by atoms with E-state index < -0.39 is 5.60 Å². The average Bonchev–Trinajstić information content (AvgIpc) is 3.06. The van der Waals surface area contributed by atoms with Crippen LogP contribution in [0.4, 0.5) is 4.79 Å². The van der Waals surface area contributed by atoms with Gasteiger partial charge in [0.1, 0.15) is 5.60 Å². The molecular formula is C22H28ClN3O3. The molecule has 2 aliphatic heterocycles. The SMILES string of the molecule is CC(C)(C)OC(=O)N1CC=C(c2nn(C3CCCCO3)c3ccc(Cl)cc23)CC1. The number of carbonyl (C=O) groups is 1. The third-order valence-electron chi connectivity index (χ3n) is 5.26. The first kappa shape index (κ1) is 20.2. The van der Waals surface area contributed by atoms with Gasteiger partial charge in [-0.2, -0.15) is 5.10 Å². The summed E-state index contributed by atoms with van der Waals surface area (Å²) in [7, 11) is 0. The van der Waals surface area contributed by atoms with Crippen molar-refractivity contribution in [3.05, 3.63) is 35.0 Å². The summed E-state index contributed by atoms with van der Waals surface area (Å²) in [5, 5.41) is 6.66. The molecule has 0 radical (unpaired) electrons. The van der Waals surface area contributed by atoms with Gasteiger partial charge in [0.05, 0.1) is 11.2 Å². The van der Waals surface area contributed by atoms with E-state index in [0.29, 0.717) is 18.1 Å². The van der Waals surface area contributed by atoms with E-state index in [9.17, 15) is 4.79 Å². The third kappa shape index (κ3) is 4.43. The minimum Gasteiger partial charge on any atom is -0.444 e. The van der Waals surface area contributed by atoms with Crippen molar-refractivity contribution in [2.75, 3.05) is 19.7 Å². The Hall–Kier alpha value is -2.05. The lowest BCUT2D eigenvalue weighted by Gasteiger charge is -2.29. The van der Waals surface area contributed by atoms with Crippen molar-refractivity contribution in [1.82, 2.24) is 14.7 Å². The van der Waals surface area contributed by atoms with Gasteiger partial charge in [-0.05, 0) is 70.2 Å². The lowest BCUT2D eigenvalue weighted by Crippen LogP contribution is -2.39. The summed E-state index contributed by atoms with van der Waals surface area (Å²) in [6.07, 6.45) is 5.68. The Morgan fingerprint density at radius 3 is 2.79 bits per heavy atom. The number of amides is 1. The molecule has 1 aromatic heterocycles. The number of aromatic nitrogens is 2. The van der Waals surface area contributed by atoms with Gasteiger partial charge in [-0.1, -0.05) is 17.7 Å². The van der Waals surface area contributed by atoms with Crippen molar-refractivity contribution in [3.8, 4) is 0 Å². The first-order valence-electron chi connectivity index (χ1n) is 10.3. The molecule has 156 valence electrons. The zero-order valence-electron chi connectivity index (χ0n) is 17.3. The minimum atomic E-state index is -0.493. The van der Waals surface area contributed by atoms with Crippen molar-refractivity contribution in [2.45, 2.75) is 58.3 Å². The summed E-state index contributed by atoms with van der Waals surface area (Å²) in [5.74, 6) is 0. The molecule has 0 spiro atoms. The lowest BCUT2D eigenvalue weighted by atomic mass is 10.0. The Kier molecular flexibility index (Phi) is 5.58. The quantitative estimate of drug-likeness (QED) is 0.655. The van der Waals surface area contributed by atoms with Crippen LogP contribution in [0.5, 0.6) is 0 Å². The van der Waals surface area contributed by atoms with E-state index in [1.165, 1.54) is 0 Å². The Balaban J connectivity index is 1.62. The maximum atomic E-state index is 12.3. The van der Waals surface area contributed by atoms with Gasteiger partial charge in [-0.15, -0.1) is 0 Å². The maximum absolute atomic E-state index is 12.3. The highest BCUT2D eigenvalue weighted by molar-refractivity contribution is 6.31. The smallest absolute Gasteiger partial charge is 0.410 e. The molecule has 2 aromatic rings. The van der Waals surface area contributed by atoms with E-state index >= 15 is 0 Å². The molecule has 7 heteroatoms. The minimum absolute atomic E-state index is 0.0383. The van der Waals surface area contributed by atoms with E-state index in [1.807, 2.05) is 43.7 Å². The van der Waals surface area contributed by atoms with E-state index in [-0.39, 0.29) is 12.3 Å². The zero-order chi connectivity index (χ0) is 20.6. The van der Waals surface area contributed by atoms with Crippen LogP contribution in [0.15, 0.2) is 24.3 Å². The maximum Gasteiger partial charge on any atom is 0.410 e. The number of nitrogens with zero attached hydrogens (tertiary/aromatic N) is 3. The molecule has 2 aliphatic rings. The normalized spacial score (nSPS) is 20.6. The highest BCUT2D eigenvalue weighted by Crippen LogP contribution is 2.34. The molecule has 0 bridgehead atoms. The predicted molar refractivity (Wildman–Crippen MR) is 114 cm³/mol. The molecule has 1 aromatic carbocycles. The highest BCUT2D eigenvalue weighted by atomic mass is 35.5. The second-order valence-electron chi connectivity index (χ2n) is 8.68. The van der Waals surface area contributed by atoms with E-state index in [0.717, 1.165) is 54.5 Å². The van der Waals surface area contributed by atoms with Gasteiger partial charge in [0.2, 0.25) is 0 Å². The van der Waals surface area contributed by atoms with Crippen molar-refractivity contribution < 1.29 is 14.3 Å². The van der Waals surface area contributed by atoms with Crippen LogP contribution in [0, 0.1) is 0 Å². The highest BCUT2D eigenvalue weighted by Gasteiger charge is 2.27. The van der Waals surface area contributed by atoms with Crippen LogP contribution in [0.1, 0.15) is 58.4 Å². The van der Waals surface area contributed by atoms with Gasteiger partial charge in [0.15, 0.2) is 6.23 Å². The summed E-state index contributed by atoms with van der Waals surface area (Å²) in [4.78, 5) is 14.1. The number of carbonyl (C=O) groups excluding carboxylic acids is 1. The average molecular weight is 418 g/mol. The predicted octanol–water partition coefficient (Wildman–Crippen LogP) is 5.41. The van der Waals surface area contributed by atoms with Crippen molar-refractivity contribution in [3.63, 3.8) is 0 Å². The first-order chi connectivity index (χ1) is 13.8. The molecule has 0 saturated carbocycles. The van der Waals surface area contributed by atoms with Gasteiger partial charge in [0, 0.05) is 30.1 Å². The number of hydrogen-bond donors (Lipinski definition) is 0. The van der Waals surface area contributed by atoms with Crippen LogP contribution < -0.4 is 0 Å². The molecule has 1 atom stereocenters. The van der Waals surface area contributed by atoms with E-state index in [2.05, 4.69) is 6.08 Å². The van der Waals surface area contributed by atoms with E-state index in [1.54, 1.807) is 4.90 Å². The topological polar surface area (TPSA) is 56.6 Å². The zero-order valence-corrected chi connectivity index (χ0v) is 18.0. The summed E-state index contributed by atoms with van der Waals surface area (Å²) in [6, 6.07) is 5.89. The molecule has 1 amide bonds. The second-order valence-corrected chi connectivity index (χ2v) is 9.12. The summed E-state index contributed by atoms with van der Waals surface area (Å²) in [6.45, 7) is 7.53. The van der Waals surface area contributed by atoms with Gasteiger partial charge in [-0.3, -0.25) is 0 Å². The van der Waals surface area contributed by atoms with Gasteiger partial charge in [-0.25, -0.2) is 9.48 Å². The molecule has 29 heavy (non-hydrogen) atoms. The number of hydrogen-bond acceptors (Lipinski definition) is 4. The largest absolute Gasteiger partial charge is 0.444 e. The first-order valence-corrected chi connectivity index (χ1v) is 10.7. The molecule has 1 fully saturated rings. The van der Waals surface area contributed by atoms with Gasteiger partial charge < -0.3 is 14.4 Å². The van der Waals surface area contributed by atoms with E-state index in [4.69, 9.17) is 26.2 Å². The Bertz CT molecular complexity index is 939.